The van der Waals surface area contributed by atoms with Crippen LogP contribution in [0.25, 0.3) is 0 Å². The van der Waals surface area contributed by atoms with Gasteiger partial charge in [-0.25, -0.2) is 0 Å². The summed E-state index contributed by atoms with van der Waals surface area (Å²) in [6.07, 6.45) is 1.95. The van der Waals surface area contributed by atoms with E-state index in [-0.39, 0.29) is 17.9 Å². The van der Waals surface area contributed by atoms with Crippen LogP contribution in [0, 0.1) is 5.92 Å². The van der Waals surface area contributed by atoms with E-state index in [9.17, 15) is 9.59 Å². The van der Waals surface area contributed by atoms with Gasteiger partial charge in [0.25, 0.3) is 11.8 Å². The van der Waals surface area contributed by atoms with E-state index in [2.05, 4.69) is 65.6 Å². The first-order chi connectivity index (χ1) is 15.2. The van der Waals surface area contributed by atoms with Crippen LogP contribution in [0.4, 0.5) is 0 Å². The zero-order valence-electron chi connectivity index (χ0n) is 17.5. The second kappa shape index (κ2) is 8.48. The van der Waals surface area contributed by atoms with E-state index in [1.54, 1.807) is 12.1 Å². The summed E-state index contributed by atoms with van der Waals surface area (Å²) in [7, 11) is 0. The number of carbonyl (C=O) groups is 2. The lowest BCUT2D eigenvalue weighted by Gasteiger charge is -2.38. The van der Waals surface area contributed by atoms with Gasteiger partial charge in [0.1, 0.15) is 0 Å². The van der Waals surface area contributed by atoms with Crippen molar-refractivity contribution in [2.45, 2.75) is 18.9 Å². The third-order valence-electron chi connectivity index (χ3n) is 6.56. The lowest BCUT2D eigenvalue weighted by molar-refractivity contribution is 0.0588. The van der Waals surface area contributed by atoms with Crippen LogP contribution in [0.15, 0.2) is 84.9 Å². The molecule has 0 radical (unpaired) electrons. The number of carbonyl (C=O) groups excluding carboxylic acids is 2. The molecule has 1 saturated heterocycles. The Bertz CT molecular complexity index is 998. The van der Waals surface area contributed by atoms with Crippen molar-refractivity contribution >= 4 is 11.8 Å². The summed E-state index contributed by atoms with van der Waals surface area (Å²) in [6, 6.07) is 28.7. The van der Waals surface area contributed by atoms with Crippen molar-refractivity contribution in [2.75, 3.05) is 19.6 Å². The standard InChI is InChI=1S/C27H26N2O2/c30-26-23-13-7-8-14-24(23)27(31)29(26)19-20-15-17-28(18-16-20)25(21-9-3-1-4-10-21)22-11-5-2-6-12-22/h1-14,20,25H,15-19H2. The van der Waals surface area contributed by atoms with Gasteiger partial charge in [0, 0.05) is 6.54 Å². The number of fused-ring (bicyclic) bond motifs is 1. The molecule has 2 aliphatic heterocycles. The number of rotatable bonds is 5. The Morgan fingerprint density at radius 3 is 1.61 bits per heavy atom. The molecule has 0 saturated carbocycles. The fourth-order valence-corrected chi connectivity index (χ4v) is 4.94. The van der Waals surface area contributed by atoms with E-state index in [0.29, 0.717) is 23.6 Å². The fourth-order valence-electron chi connectivity index (χ4n) is 4.94. The van der Waals surface area contributed by atoms with Crippen molar-refractivity contribution in [1.82, 2.24) is 9.80 Å². The number of hydrogen-bond acceptors (Lipinski definition) is 3. The van der Waals surface area contributed by atoms with Gasteiger partial charge in [0.15, 0.2) is 0 Å². The van der Waals surface area contributed by atoms with E-state index in [1.807, 2.05) is 12.1 Å². The highest BCUT2D eigenvalue weighted by molar-refractivity contribution is 6.21. The number of benzene rings is 3. The third-order valence-corrected chi connectivity index (χ3v) is 6.56. The van der Waals surface area contributed by atoms with Gasteiger partial charge in [-0.1, -0.05) is 72.8 Å². The summed E-state index contributed by atoms with van der Waals surface area (Å²) in [5, 5.41) is 0. The van der Waals surface area contributed by atoms with E-state index < -0.39 is 0 Å². The molecular formula is C27H26N2O2. The molecule has 0 aromatic heterocycles. The monoisotopic (exact) mass is 410 g/mol. The zero-order chi connectivity index (χ0) is 21.2. The average Bonchev–Trinajstić information content (AvgIpc) is 3.07. The molecule has 4 heteroatoms. The van der Waals surface area contributed by atoms with Crippen molar-refractivity contribution in [3.05, 3.63) is 107 Å². The van der Waals surface area contributed by atoms with E-state index in [1.165, 1.54) is 16.0 Å². The molecule has 156 valence electrons. The van der Waals surface area contributed by atoms with Gasteiger partial charge in [0.05, 0.1) is 17.2 Å². The van der Waals surface area contributed by atoms with Gasteiger partial charge in [-0.2, -0.15) is 0 Å². The number of amides is 2. The van der Waals surface area contributed by atoms with Crippen LogP contribution in [0.5, 0.6) is 0 Å². The number of piperidine rings is 1. The van der Waals surface area contributed by atoms with Gasteiger partial charge >= 0.3 is 0 Å². The van der Waals surface area contributed by atoms with Crippen LogP contribution in [0.2, 0.25) is 0 Å². The molecule has 0 spiro atoms. The lowest BCUT2D eigenvalue weighted by Crippen LogP contribution is -2.42. The molecule has 1 fully saturated rings. The van der Waals surface area contributed by atoms with Gasteiger partial charge < -0.3 is 0 Å². The first-order valence-corrected chi connectivity index (χ1v) is 11.0. The molecule has 3 aromatic rings. The zero-order valence-corrected chi connectivity index (χ0v) is 17.5. The number of likely N-dealkylation sites (tertiary alicyclic amines) is 1. The highest BCUT2D eigenvalue weighted by Crippen LogP contribution is 2.33. The van der Waals surface area contributed by atoms with Gasteiger partial charge in [-0.3, -0.25) is 19.4 Å². The Morgan fingerprint density at radius 2 is 1.13 bits per heavy atom. The smallest absolute Gasteiger partial charge is 0.261 e. The maximum Gasteiger partial charge on any atom is 0.261 e. The summed E-state index contributed by atoms with van der Waals surface area (Å²) in [4.78, 5) is 29.4. The SMILES string of the molecule is O=C1c2ccccc2C(=O)N1CC1CCN(C(c2ccccc2)c2ccccc2)CC1. The van der Waals surface area contributed by atoms with E-state index >= 15 is 0 Å². The molecule has 31 heavy (non-hydrogen) atoms. The molecule has 0 unspecified atom stereocenters. The minimum atomic E-state index is -0.144. The largest absolute Gasteiger partial charge is 0.292 e. The molecule has 0 aliphatic carbocycles. The third kappa shape index (κ3) is 3.79. The van der Waals surface area contributed by atoms with Crippen LogP contribution in [0.3, 0.4) is 0 Å². The van der Waals surface area contributed by atoms with Crippen molar-refractivity contribution in [2.24, 2.45) is 5.92 Å². The minimum Gasteiger partial charge on any atom is -0.292 e. The quantitative estimate of drug-likeness (QED) is 0.568. The van der Waals surface area contributed by atoms with Crippen LogP contribution in [0.1, 0.15) is 50.7 Å². The number of imide groups is 1. The fraction of sp³-hybridized carbons (Fsp3) is 0.259. The van der Waals surface area contributed by atoms with Gasteiger partial charge in [0.2, 0.25) is 0 Å². The Kier molecular flexibility index (Phi) is 5.39. The molecule has 3 aromatic carbocycles. The van der Waals surface area contributed by atoms with Crippen molar-refractivity contribution in [3.8, 4) is 0 Å². The molecule has 5 rings (SSSR count). The Labute approximate surface area is 183 Å². The molecular weight excluding hydrogens is 384 g/mol. The Hall–Kier alpha value is -3.24. The lowest BCUT2D eigenvalue weighted by atomic mass is 9.91. The summed E-state index contributed by atoms with van der Waals surface area (Å²) in [6.45, 7) is 2.41. The normalized spacial score (nSPS) is 17.4. The molecule has 0 bridgehead atoms. The molecule has 0 N–H and O–H groups in total. The predicted octanol–water partition coefficient (Wildman–Crippen LogP) is 4.78. The van der Waals surface area contributed by atoms with Gasteiger partial charge in [-0.15, -0.1) is 0 Å². The highest BCUT2D eigenvalue weighted by Gasteiger charge is 2.37. The first-order valence-electron chi connectivity index (χ1n) is 11.0. The molecule has 2 heterocycles. The summed E-state index contributed by atoms with van der Waals surface area (Å²) in [5.41, 5.74) is 3.68. The number of nitrogens with zero attached hydrogens (tertiary/aromatic N) is 2. The Morgan fingerprint density at radius 1 is 0.677 bits per heavy atom. The first kappa shape index (κ1) is 19.7. The topological polar surface area (TPSA) is 40.6 Å². The van der Waals surface area contributed by atoms with Crippen LogP contribution in [-0.2, 0) is 0 Å². The average molecular weight is 411 g/mol. The van der Waals surface area contributed by atoms with Crippen LogP contribution < -0.4 is 0 Å². The van der Waals surface area contributed by atoms with E-state index in [0.717, 1.165) is 25.9 Å². The van der Waals surface area contributed by atoms with Crippen molar-refractivity contribution < 1.29 is 9.59 Å². The number of hydrogen-bond donors (Lipinski definition) is 0. The molecule has 2 amide bonds. The summed E-state index contributed by atoms with van der Waals surface area (Å²) < 4.78 is 0. The van der Waals surface area contributed by atoms with Crippen molar-refractivity contribution in [1.29, 1.82) is 0 Å². The van der Waals surface area contributed by atoms with Crippen molar-refractivity contribution in [3.63, 3.8) is 0 Å². The maximum atomic E-state index is 12.7. The highest BCUT2D eigenvalue weighted by atomic mass is 16.2. The van der Waals surface area contributed by atoms with Gasteiger partial charge in [-0.05, 0) is 55.1 Å². The Balaban J connectivity index is 1.29. The minimum absolute atomic E-state index is 0.144. The molecule has 2 aliphatic rings. The second-order valence-corrected chi connectivity index (χ2v) is 8.47. The second-order valence-electron chi connectivity index (χ2n) is 8.47. The molecule has 0 atom stereocenters. The maximum absolute atomic E-state index is 12.7. The predicted molar refractivity (Wildman–Crippen MR) is 121 cm³/mol. The van der Waals surface area contributed by atoms with Crippen LogP contribution in [-0.4, -0.2) is 41.2 Å². The molecule has 4 nitrogen and oxygen atoms in total. The summed E-state index contributed by atoms with van der Waals surface area (Å²) in [5.74, 6) is 0.0506. The van der Waals surface area contributed by atoms with Crippen LogP contribution >= 0.6 is 0 Å². The van der Waals surface area contributed by atoms with E-state index in [4.69, 9.17) is 0 Å². The summed E-state index contributed by atoms with van der Waals surface area (Å²) >= 11 is 0.